The Morgan fingerprint density at radius 3 is 0.913 bits per heavy atom. The van der Waals surface area contributed by atoms with Gasteiger partial charge >= 0.3 is 52.1 Å². The van der Waals surface area contributed by atoms with Gasteiger partial charge in [-0.25, -0.2) is 0 Å². The van der Waals surface area contributed by atoms with Gasteiger partial charge in [0.05, 0.1) is 0 Å². The summed E-state index contributed by atoms with van der Waals surface area (Å²) in [6, 6.07) is 0. The highest BCUT2D eigenvalue weighted by atomic mass is 28.5. The third-order valence-corrected chi connectivity index (χ3v) is 24.7. The van der Waals surface area contributed by atoms with Crippen molar-refractivity contribution in [2.24, 2.45) is 0 Å². The maximum atomic E-state index is 6.40. The molecular weight excluding hydrogens is 397 g/mol. The molecule has 1 rings (SSSR count). The summed E-state index contributed by atoms with van der Waals surface area (Å²) < 4.78 is 38.0. The molecule has 0 aromatic heterocycles. The van der Waals surface area contributed by atoms with E-state index in [1.807, 2.05) is 6.55 Å². The van der Waals surface area contributed by atoms with Crippen molar-refractivity contribution in [1.82, 2.24) is 0 Å². The number of rotatable bonds is 0. The molecule has 0 N–H and O–H groups in total. The van der Waals surface area contributed by atoms with Crippen LogP contribution in [-0.2, 0) is 24.7 Å². The fourth-order valence-electron chi connectivity index (χ4n) is 3.18. The molecule has 0 unspecified atom stereocenters. The zero-order valence-electron chi connectivity index (χ0n) is 16.4. The molecule has 1 radical (unpaired) electrons. The molecule has 1 fully saturated rings. The van der Waals surface area contributed by atoms with Crippen LogP contribution in [0.1, 0.15) is 0 Å². The van der Waals surface area contributed by atoms with E-state index in [1.165, 1.54) is 0 Å². The highest BCUT2D eigenvalue weighted by Crippen LogP contribution is 2.28. The van der Waals surface area contributed by atoms with Gasteiger partial charge < -0.3 is 24.7 Å². The molecule has 1 saturated heterocycles. The summed E-state index contributed by atoms with van der Waals surface area (Å²) in [4.78, 5) is 0. The van der Waals surface area contributed by atoms with Crippen LogP contribution < -0.4 is 0 Å². The van der Waals surface area contributed by atoms with E-state index in [1.54, 1.807) is 0 Å². The molecular formula is C11H33O6Si6. The van der Waals surface area contributed by atoms with Crippen LogP contribution in [0.25, 0.3) is 0 Å². The second-order valence-corrected chi connectivity index (χ2v) is 28.0. The van der Waals surface area contributed by atoms with Crippen molar-refractivity contribution in [3.05, 3.63) is 0 Å². The van der Waals surface area contributed by atoms with Crippen LogP contribution in [0.5, 0.6) is 0 Å². The molecule has 1 heterocycles. The molecule has 137 valence electrons. The van der Waals surface area contributed by atoms with Gasteiger partial charge in [0.15, 0.2) is 0 Å². The second-order valence-electron chi connectivity index (χ2n) is 8.10. The van der Waals surface area contributed by atoms with Gasteiger partial charge in [-0.15, -0.1) is 0 Å². The smallest absolute Gasteiger partial charge is 0.362 e. The van der Waals surface area contributed by atoms with Crippen LogP contribution in [0.4, 0.5) is 0 Å². The van der Waals surface area contributed by atoms with Gasteiger partial charge in [0.2, 0.25) is 0 Å². The molecule has 0 aromatic rings. The van der Waals surface area contributed by atoms with Crippen molar-refractivity contribution in [2.75, 3.05) is 0 Å². The molecule has 6 nitrogen and oxygen atoms in total. The molecule has 0 spiro atoms. The lowest BCUT2D eigenvalue weighted by atomic mass is 11.9. The van der Waals surface area contributed by atoms with Crippen molar-refractivity contribution in [1.29, 1.82) is 0 Å². The predicted octanol–water partition coefficient (Wildman–Crippen LogP) is 3.73. The quantitative estimate of drug-likeness (QED) is 0.547. The SMILES string of the molecule is C[Si]1O[Si](C)(C)O[Si](C)(C)O[Si](C)(C)O[Si](C)(C)O[Si](C)(C)O1. The van der Waals surface area contributed by atoms with E-state index in [4.69, 9.17) is 24.7 Å². The highest BCUT2D eigenvalue weighted by molar-refractivity contribution is 6.91. The van der Waals surface area contributed by atoms with E-state index in [2.05, 4.69) is 65.5 Å². The van der Waals surface area contributed by atoms with E-state index >= 15 is 0 Å². The van der Waals surface area contributed by atoms with Crippen molar-refractivity contribution in [3.8, 4) is 0 Å². The van der Waals surface area contributed by atoms with Crippen molar-refractivity contribution in [2.45, 2.75) is 72.0 Å². The fourth-order valence-corrected chi connectivity index (χ4v) is 30.9. The van der Waals surface area contributed by atoms with Crippen molar-refractivity contribution in [3.63, 3.8) is 0 Å². The molecule has 23 heavy (non-hydrogen) atoms. The third kappa shape index (κ3) is 8.32. The molecule has 0 amide bonds. The molecule has 1 aliphatic heterocycles. The van der Waals surface area contributed by atoms with Crippen LogP contribution in [0.15, 0.2) is 0 Å². The zero-order valence-corrected chi connectivity index (χ0v) is 22.4. The minimum atomic E-state index is -2.36. The van der Waals surface area contributed by atoms with Crippen LogP contribution in [0.3, 0.4) is 0 Å². The van der Waals surface area contributed by atoms with Crippen LogP contribution in [-0.4, -0.2) is 52.1 Å². The average molecular weight is 430 g/mol. The second kappa shape index (κ2) is 6.99. The third-order valence-electron chi connectivity index (χ3n) is 2.75. The zero-order chi connectivity index (χ0) is 18.3. The molecule has 0 saturated carbocycles. The van der Waals surface area contributed by atoms with E-state index in [-0.39, 0.29) is 0 Å². The first-order valence-corrected chi connectivity index (χ1v) is 23.8. The molecule has 0 aromatic carbocycles. The van der Waals surface area contributed by atoms with Crippen molar-refractivity contribution >= 4 is 52.1 Å². The highest BCUT2D eigenvalue weighted by Gasteiger charge is 2.48. The first-order chi connectivity index (χ1) is 9.93. The maximum absolute atomic E-state index is 6.40. The Balaban J connectivity index is 3.14. The lowest BCUT2D eigenvalue weighted by Gasteiger charge is -2.44. The lowest BCUT2D eigenvalue weighted by Crippen LogP contribution is -2.61. The van der Waals surface area contributed by atoms with Crippen LogP contribution >= 0.6 is 0 Å². The minimum Gasteiger partial charge on any atom is -0.416 e. The first kappa shape index (κ1) is 22.1. The normalized spacial score (nSPS) is 30.9. The standard InChI is InChI=1S/C11H33O6Si6/c1-18-12-19(2,3)14-21(6,7)16-23(10,11)17-22(8,9)15-20(4,5)13-18/h1-11H3. The summed E-state index contributed by atoms with van der Waals surface area (Å²) in [7, 11) is -13.2. The summed E-state index contributed by atoms with van der Waals surface area (Å²) in [6.07, 6.45) is 0. The van der Waals surface area contributed by atoms with E-state index in [9.17, 15) is 0 Å². The minimum absolute atomic E-state index is 1.44. The van der Waals surface area contributed by atoms with Gasteiger partial charge in [0.25, 0.3) is 0 Å². The Morgan fingerprint density at radius 1 is 0.435 bits per heavy atom. The van der Waals surface area contributed by atoms with Crippen LogP contribution in [0.2, 0.25) is 72.0 Å². The van der Waals surface area contributed by atoms with E-state index in [0.29, 0.717) is 0 Å². The topological polar surface area (TPSA) is 55.4 Å². The van der Waals surface area contributed by atoms with Gasteiger partial charge in [-0.05, 0) is 72.0 Å². The molecule has 0 aliphatic carbocycles. The largest absolute Gasteiger partial charge is 0.416 e. The number of hydrogen-bond donors (Lipinski definition) is 0. The van der Waals surface area contributed by atoms with E-state index < -0.39 is 52.1 Å². The lowest BCUT2D eigenvalue weighted by molar-refractivity contribution is 0.248. The summed E-state index contributed by atoms with van der Waals surface area (Å²) in [6.45, 7) is 22.6. The number of hydrogen-bond acceptors (Lipinski definition) is 6. The van der Waals surface area contributed by atoms with E-state index in [0.717, 1.165) is 0 Å². The average Bonchev–Trinajstić information content (AvgIpc) is 2.01. The molecule has 0 bridgehead atoms. The van der Waals surface area contributed by atoms with Crippen LogP contribution in [0, 0.1) is 0 Å². The monoisotopic (exact) mass is 429 g/mol. The Kier molecular flexibility index (Phi) is 6.72. The summed E-state index contributed by atoms with van der Waals surface area (Å²) in [5, 5.41) is 0. The van der Waals surface area contributed by atoms with Gasteiger partial charge in [0.1, 0.15) is 0 Å². The van der Waals surface area contributed by atoms with Crippen molar-refractivity contribution < 1.29 is 24.7 Å². The molecule has 0 atom stereocenters. The fraction of sp³-hybridized carbons (Fsp3) is 1.00. The van der Waals surface area contributed by atoms with Gasteiger partial charge in [-0.1, -0.05) is 0 Å². The Bertz CT molecular complexity index is 391. The Hall–Kier alpha value is 1.06. The van der Waals surface area contributed by atoms with Gasteiger partial charge in [-0.2, -0.15) is 0 Å². The van der Waals surface area contributed by atoms with Gasteiger partial charge in [0, 0.05) is 0 Å². The maximum Gasteiger partial charge on any atom is 0.362 e. The Labute approximate surface area is 148 Å². The summed E-state index contributed by atoms with van der Waals surface area (Å²) in [5.74, 6) is 0. The Morgan fingerprint density at radius 2 is 0.652 bits per heavy atom. The summed E-state index contributed by atoms with van der Waals surface area (Å²) in [5.41, 5.74) is 0. The van der Waals surface area contributed by atoms with Gasteiger partial charge in [-0.3, -0.25) is 0 Å². The summed E-state index contributed by atoms with van der Waals surface area (Å²) >= 11 is 0. The predicted molar refractivity (Wildman–Crippen MR) is 106 cm³/mol. The molecule has 1 aliphatic rings. The molecule has 12 heteroatoms. The first-order valence-electron chi connectivity index (χ1n) is 7.95.